The van der Waals surface area contributed by atoms with E-state index in [2.05, 4.69) is 45.2 Å². The van der Waals surface area contributed by atoms with Crippen molar-refractivity contribution < 1.29 is 14.2 Å². The summed E-state index contributed by atoms with van der Waals surface area (Å²) in [6, 6.07) is 22.5. The summed E-state index contributed by atoms with van der Waals surface area (Å²) in [6.07, 6.45) is 0.504. The Labute approximate surface area is 190 Å². The molecule has 0 spiro atoms. The van der Waals surface area contributed by atoms with Gasteiger partial charge < -0.3 is 14.2 Å². The van der Waals surface area contributed by atoms with Gasteiger partial charge >= 0.3 is 0 Å². The third kappa shape index (κ3) is 3.65. The lowest BCUT2D eigenvalue weighted by molar-refractivity contribution is -0.0190. The van der Waals surface area contributed by atoms with Crippen molar-refractivity contribution in [3.05, 3.63) is 87.9 Å². The summed E-state index contributed by atoms with van der Waals surface area (Å²) in [5, 5.41) is 7.11. The zero-order chi connectivity index (χ0) is 21.4. The van der Waals surface area contributed by atoms with Gasteiger partial charge in [0.25, 0.3) is 0 Å². The van der Waals surface area contributed by atoms with Crippen LogP contribution in [-0.2, 0) is 0 Å². The molecule has 3 aromatic carbocycles. The molecular weight excluding hydrogens is 456 g/mol. The number of ether oxygens (including phenoxy) is 3. The Morgan fingerprint density at radius 1 is 1.10 bits per heavy atom. The lowest BCUT2D eigenvalue weighted by Crippen LogP contribution is -2.33. The molecule has 2 aliphatic heterocycles. The van der Waals surface area contributed by atoms with E-state index in [1.54, 1.807) is 7.11 Å². The van der Waals surface area contributed by atoms with Crippen LogP contribution >= 0.6 is 15.9 Å². The van der Waals surface area contributed by atoms with E-state index in [0.717, 1.165) is 50.5 Å². The van der Waals surface area contributed by atoms with Crippen molar-refractivity contribution in [1.82, 2.24) is 5.01 Å². The van der Waals surface area contributed by atoms with Crippen LogP contribution in [0.1, 0.15) is 42.3 Å². The maximum atomic E-state index is 6.43. The van der Waals surface area contributed by atoms with Crippen molar-refractivity contribution in [3.63, 3.8) is 0 Å². The molecule has 5 nitrogen and oxygen atoms in total. The van der Waals surface area contributed by atoms with Gasteiger partial charge in [-0.1, -0.05) is 18.2 Å². The molecule has 3 aromatic rings. The van der Waals surface area contributed by atoms with E-state index in [4.69, 9.17) is 19.3 Å². The van der Waals surface area contributed by atoms with Gasteiger partial charge in [-0.05, 0) is 76.9 Å². The van der Waals surface area contributed by atoms with E-state index in [-0.39, 0.29) is 12.3 Å². The van der Waals surface area contributed by atoms with Gasteiger partial charge in [0.2, 0.25) is 6.23 Å². The van der Waals surface area contributed by atoms with Crippen LogP contribution in [0.4, 0.5) is 0 Å². The van der Waals surface area contributed by atoms with Gasteiger partial charge in [0.15, 0.2) is 0 Å². The fourth-order valence-corrected chi connectivity index (χ4v) is 4.73. The van der Waals surface area contributed by atoms with Crippen molar-refractivity contribution in [3.8, 4) is 17.2 Å². The first-order chi connectivity index (χ1) is 15.2. The third-order valence-corrected chi connectivity index (χ3v) is 6.28. The van der Waals surface area contributed by atoms with Crippen LogP contribution in [0.5, 0.6) is 17.2 Å². The van der Waals surface area contributed by atoms with Crippen molar-refractivity contribution in [2.24, 2.45) is 5.10 Å². The van der Waals surface area contributed by atoms with Gasteiger partial charge in [-0.25, -0.2) is 5.01 Å². The van der Waals surface area contributed by atoms with Crippen molar-refractivity contribution in [2.45, 2.75) is 25.6 Å². The van der Waals surface area contributed by atoms with Crippen LogP contribution in [0.2, 0.25) is 0 Å². The first-order valence-corrected chi connectivity index (χ1v) is 11.1. The number of hydrogen-bond acceptors (Lipinski definition) is 5. The number of nitrogens with zero attached hydrogens (tertiary/aromatic N) is 2. The molecule has 0 amide bonds. The molecule has 0 radical (unpaired) electrons. The van der Waals surface area contributed by atoms with Gasteiger partial charge in [-0.2, -0.15) is 5.10 Å². The van der Waals surface area contributed by atoms with Gasteiger partial charge in [-0.15, -0.1) is 0 Å². The number of rotatable bonds is 5. The summed E-state index contributed by atoms with van der Waals surface area (Å²) in [5.74, 6) is 2.57. The maximum Gasteiger partial charge on any atom is 0.213 e. The molecule has 2 heterocycles. The number of benzene rings is 3. The molecule has 0 bridgehead atoms. The van der Waals surface area contributed by atoms with E-state index in [9.17, 15) is 0 Å². The summed E-state index contributed by atoms with van der Waals surface area (Å²) in [5.41, 5.74) is 4.33. The number of fused-ring (bicyclic) bond motifs is 3. The second-order valence-electron chi connectivity index (χ2n) is 7.51. The molecule has 0 aromatic heterocycles. The first kappa shape index (κ1) is 19.9. The van der Waals surface area contributed by atoms with E-state index >= 15 is 0 Å². The van der Waals surface area contributed by atoms with E-state index in [0.29, 0.717) is 6.61 Å². The number of hydrogen-bond donors (Lipinski definition) is 0. The number of hydrazone groups is 1. The predicted octanol–water partition coefficient (Wildman–Crippen LogP) is 6.10. The Balaban J connectivity index is 1.53. The molecule has 158 valence electrons. The minimum absolute atomic E-state index is 0.123. The van der Waals surface area contributed by atoms with Crippen molar-refractivity contribution >= 4 is 21.6 Å². The Kier molecular flexibility index (Phi) is 5.32. The highest BCUT2D eigenvalue weighted by Crippen LogP contribution is 2.48. The molecule has 0 unspecified atom stereocenters. The smallest absolute Gasteiger partial charge is 0.213 e. The van der Waals surface area contributed by atoms with E-state index in [1.165, 1.54) is 0 Å². The number of para-hydroxylation sites is 1. The molecule has 2 aliphatic rings. The standard InChI is InChI=1S/C25H23BrN2O3/c1-3-30-18-11-8-16(9-12-18)21-15-22-19-6-4-5-7-23(19)31-25(28(22)27-21)17-10-13-24(29-2)20(26)14-17/h4-14,22,25H,3,15H2,1-2H3/t22-,25-/m1/s1. The first-order valence-electron chi connectivity index (χ1n) is 10.4. The second-order valence-corrected chi connectivity index (χ2v) is 8.36. The zero-order valence-corrected chi connectivity index (χ0v) is 19.0. The average Bonchev–Trinajstić information content (AvgIpc) is 3.25. The Morgan fingerprint density at radius 2 is 1.90 bits per heavy atom. The molecule has 2 atom stereocenters. The zero-order valence-electron chi connectivity index (χ0n) is 17.4. The van der Waals surface area contributed by atoms with Crippen LogP contribution in [0.15, 0.2) is 76.3 Å². The highest BCUT2D eigenvalue weighted by Gasteiger charge is 2.41. The van der Waals surface area contributed by atoms with E-state index < -0.39 is 0 Å². The quantitative estimate of drug-likeness (QED) is 0.444. The van der Waals surface area contributed by atoms with Crippen LogP contribution < -0.4 is 14.2 Å². The topological polar surface area (TPSA) is 43.3 Å². The van der Waals surface area contributed by atoms with Gasteiger partial charge in [0.05, 0.1) is 29.9 Å². The van der Waals surface area contributed by atoms with Crippen molar-refractivity contribution in [1.29, 1.82) is 0 Å². The molecular formula is C25H23BrN2O3. The number of halogens is 1. The molecule has 31 heavy (non-hydrogen) atoms. The Morgan fingerprint density at radius 3 is 2.65 bits per heavy atom. The van der Waals surface area contributed by atoms with Crippen LogP contribution in [0.25, 0.3) is 0 Å². The summed E-state index contributed by atoms with van der Waals surface area (Å²) >= 11 is 3.60. The molecule has 0 N–H and O–H groups in total. The minimum Gasteiger partial charge on any atom is -0.496 e. The van der Waals surface area contributed by atoms with Gasteiger partial charge in [-0.3, -0.25) is 0 Å². The van der Waals surface area contributed by atoms with Crippen LogP contribution in [0.3, 0.4) is 0 Å². The van der Waals surface area contributed by atoms with E-state index in [1.807, 2.05) is 49.4 Å². The monoisotopic (exact) mass is 478 g/mol. The molecule has 0 fully saturated rings. The Bertz CT molecular complexity index is 1130. The van der Waals surface area contributed by atoms with Gasteiger partial charge in [0, 0.05) is 17.5 Å². The number of methoxy groups -OCH3 is 1. The molecule has 5 rings (SSSR count). The predicted molar refractivity (Wildman–Crippen MR) is 124 cm³/mol. The lowest BCUT2D eigenvalue weighted by atomic mass is 9.96. The maximum absolute atomic E-state index is 6.43. The van der Waals surface area contributed by atoms with Gasteiger partial charge in [0.1, 0.15) is 17.2 Å². The van der Waals surface area contributed by atoms with Crippen LogP contribution in [0, 0.1) is 0 Å². The third-order valence-electron chi connectivity index (χ3n) is 5.66. The highest BCUT2D eigenvalue weighted by atomic mass is 79.9. The highest BCUT2D eigenvalue weighted by molar-refractivity contribution is 9.10. The summed E-state index contributed by atoms with van der Waals surface area (Å²) in [4.78, 5) is 0. The van der Waals surface area contributed by atoms with Crippen molar-refractivity contribution in [2.75, 3.05) is 13.7 Å². The Hall–Kier alpha value is -2.99. The fraction of sp³-hybridized carbons (Fsp3) is 0.240. The average molecular weight is 479 g/mol. The fourth-order valence-electron chi connectivity index (χ4n) is 4.18. The molecule has 6 heteroatoms. The normalized spacial score (nSPS) is 19.2. The molecule has 0 saturated heterocycles. The summed E-state index contributed by atoms with van der Waals surface area (Å²) in [6.45, 7) is 2.64. The summed E-state index contributed by atoms with van der Waals surface area (Å²) in [7, 11) is 1.66. The van der Waals surface area contributed by atoms with Crippen LogP contribution in [-0.4, -0.2) is 24.4 Å². The lowest BCUT2D eigenvalue weighted by Gasteiger charge is -2.38. The molecule has 0 aliphatic carbocycles. The summed E-state index contributed by atoms with van der Waals surface area (Å²) < 4.78 is 18.3. The largest absolute Gasteiger partial charge is 0.496 e. The minimum atomic E-state index is -0.317. The second kappa shape index (κ2) is 8.27. The SMILES string of the molecule is CCOc1ccc(C2=NN3[C@H](C2)c2ccccc2O[C@@H]3c2ccc(OC)c(Br)c2)cc1. The molecule has 0 saturated carbocycles.